The quantitative estimate of drug-likeness (QED) is 0.477. The van der Waals surface area contributed by atoms with Crippen LogP contribution >= 0.6 is 0 Å². The minimum absolute atomic E-state index is 0.166. The van der Waals surface area contributed by atoms with Crippen LogP contribution in [0.4, 0.5) is 0 Å². The fourth-order valence-electron chi connectivity index (χ4n) is 2.42. The molecule has 1 fully saturated rings. The van der Waals surface area contributed by atoms with Crippen molar-refractivity contribution in [2.24, 2.45) is 11.2 Å². The number of hydrogen-bond donors (Lipinski definition) is 1. The Hall–Kier alpha value is -1.53. The highest BCUT2D eigenvalue weighted by Crippen LogP contribution is 2.26. The highest BCUT2D eigenvalue weighted by atomic mass is 16.7. The van der Waals surface area contributed by atoms with Gasteiger partial charge in [0.2, 0.25) is 5.28 Å². The Bertz CT molecular complexity index is 357. The molecule has 0 spiro atoms. The number of rotatable bonds is 5. The molecule has 7 heteroatoms. The van der Waals surface area contributed by atoms with Gasteiger partial charge in [-0.1, -0.05) is 0 Å². The van der Waals surface area contributed by atoms with Crippen LogP contribution in [0, 0.1) is 11.1 Å². The molecule has 0 atom stereocenters. The largest absolute Gasteiger partial charge is 0.569 e. The number of carboxylic acid groups (broad SMARTS) is 1. The maximum Gasteiger partial charge on any atom is 0.306 e. The second kappa shape index (κ2) is 6.76. The fourth-order valence-corrected chi connectivity index (χ4v) is 2.42. The van der Waals surface area contributed by atoms with Gasteiger partial charge in [-0.25, -0.2) is 0 Å². The van der Waals surface area contributed by atoms with Crippen LogP contribution in [0.1, 0.15) is 53.4 Å². The van der Waals surface area contributed by atoms with Crippen molar-refractivity contribution >= 4 is 5.97 Å². The van der Waals surface area contributed by atoms with E-state index in [1.54, 1.807) is 5.01 Å². The van der Waals surface area contributed by atoms with Crippen molar-refractivity contribution < 1.29 is 19.7 Å². The van der Waals surface area contributed by atoms with Gasteiger partial charge in [0, 0.05) is 0 Å². The summed E-state index contributed by atoms with van der Waals surface area (Å²) in [7, 11) is 0. The Kier molecular flexibility index (Phi) is 5.59. The molecular formula is C13H25N3O4. The molecule has 0 aliphatic heterocycles. The molecule has 1 rings (SSSR count). The van der Waals surface area contributed by atoms with E-state index in [4.69, 9.17) is 9.94 Å². The first kappa shape index (κ1) is 16.5. The average molecular weight is 287 g/mol. The molecule has 0 aromatic carbocycles. The molecule has 0 amide bonds. The van der Waals surface area contributed by atoms with Gasteiger partial charge in [-0.3, -0.25) is 4.79 Å². The lowest BCUT2D eigenvalue weighted by molar-refractivity contribution is -0.725. The summed E-state index contributed by atoms with van der Waals surface area (Å²) in [5.41, 5.74) is -0.329. The molecular weight excluding hydrogens is 262 g/mol. The molecule has 7 nitrogen and oxygen atoms in total. The molecule has 116 valence electrons. The average Bonchev–Trinajstić information content (AvgIpc) is 2.36. The standard InChI is InChI=1S/C13H25N3O4/c1-5-15(13(2,3)4)16(19)14-20-11-8-6-10(7-9-11)12(17)18/h10-11H,5-9H2,1-4H3,(H,17,18)/b16-14-/t10-,11+. The van der Waals surface area contributed by atoms with Crippen molar-refractivity contribution in [3.8, 4) is 0 Å². The Labute approximate surface area is 119 Å². The summed E-state index contributed by atoms with van der Waals surface area (Å²) in [6, 6.07) is 0. The van der Waals surface area contributed by atoms with Crippen molar-refractivity contribution in [2.45, 2.75) is 65.0 Å². The Morgan fingerprint density at radius 2 is 1.95 bits per heavy atom. The third-order valence-electron chi connectivity index (χ3n) is 3.57. The van der Waals surface area contributed by atoms with Gasteiger partial charge in [0.25, 0.3) is 0 Å². The summed E-state index contributed by atoms with van der Waals surface area (Å²) in [4.78, 5) is 16.6. The molecule has 0 aromatic rings. The molecule has 0 bridgehead atoms. The number of aliphatic carboxylic acids is 1. The van der Waals surface area contributed by atoms with Crippen LogP contribution in [0.15, 0.2) is 5.28 Å². The first-order valence-corrected chi connectivity index (χ1v) is 7.10. The maximum absolute atomic E-state index is 11.9. The van der Waals surface area contributed by atoms with Crippen molar-refractivity contribution in [3.05, 3.63) is 5.21 Å². The van der Waals surface area contributed by atoms with E-state index in [2.05, 4.69) is 5.28 Å². The van der Waals surface area contributed by atoms with Crippen molar-refractivity contribution in [2.75, 3.05) is 6.54 Å². The molecule has 0 radical (unpaired) electrons. The van der Waals surface area contributed by atoms with Crippen LogP contribution in [-0.4, -0.2) is 39.2 Å². The molecule has 1 saturated carbocycles. The van der Waals surface area contributed by atoms with E-state index < -0.39 is 5.97 Å². The van der Waals surface area contributed by atoms with Crippen LogP contribution in [0.2, 0.25) is 0 Å². The molecule has 1 aliphatic rings. The summed E-state index contributed by atoms with van der Waals surface area (Å²) in [6.45, 7) is 8.19. The van der Waals surface area contributed by atoms with E-state index >= 15 is 0 Å². The maximum atomic E-state index is 11.9. The minimum Gasteiger partial charge on any atom is -0.569 e. The van der Waals surface area contributed by atoms with Gasteiger partial charge in [0.05, 0.1) is 23.0 Å². The summed E-state index contributed by atoms with van der Waals surface area (Å²) >= 11 is 0. The number of hydrazine groups is 1. The van der Waals surface area contributed by atoms with Gasteiger partial charge >= 0.3 is 5.97 Å². The molecule has 20 heavy (non-hydrogen) atoms. The van der Waals surface area contributed by atoms with Gasteiger partial charge in [-0.05, 0) is 53.4 Å². The predicted molar refractivity (Wildman–Crippen MR) is 72.7 cm³/mol. The minimum atomic E-state index is -0.754. The lowest BCUT2D eigenvalue weighted by Crippen LogP contribution is -2.45. The van der Waals surface area contributed by atoms with Gasteiger partial charge in [0.15, 0.2) is 0 Å². The Morgan fingerprint density at radius 3 is 2.35 bits per heavy atom. The number of hydrogen-bond acceptors (Lipinski definition) is 4. The van der Waals surface area contributed by atoms with Gasteiger partial charge in [-0.15, -0.1) is 5.01 Å². The van der Waals surface area contributed by atoms with E-state index in [1.807, 2.05) is 27.7 Å². The van der Waals surface area contributed by atoms with E-state index in [0.717, 1.165) is 0 Å². The van der Waals surface area contributed by atoms with E-state index in [-0.39, 0.29) is 17.6 Å². The summed E-state index contributed by atoms with van der Waals surface area (Å²) in [5, 5.41) is 26.0. The second-order valence-corrected chi connectivity index (χ2v) is 6.14. The lowest BCUT2D eigenvalue weighted by atomic mass is 9.88. The van der Waals surface area contributed by atoms with Crippen LogP contribution in [0.25, 0.3) is 0 Å². The molecule has 1 aliphatic carbocycles. The zero-order valence-electron chi connectivity index (χ0n) is 12.7. The van der Waals surface area contributed by atoms with Crippen LogP contribution in [-0.2, 0) is 9.63 Å². The molecule has 0 aromatic heterocycles. The third kappa shape index (κ3) is 4.54. The van der Waals surface area contributed by atoms with Crippen LogP contribution in [0.3, 0.4) is 0 Å². The molecule has 1 N–H and O–H groups in total. The topological polar surface area (TPSA) is 88.2 Å². The zero-order chi connectivity index (χ0) is 15.3. The number of nitrogens with zero attached hydrogens (tertiary/aromatic N) is 3. The molecule has 0 saturated heterocycles. The second-order valence-electron chi connectivity index (χ2n) is 6.14. The van der Waals surface area contributed by atoms with Crippen molar-refractivity contribution in [1.82, 2.24) is 5.01 Å². The molecule has 0 heterocycles. The van der Waals surface area contributed by atoms with Crippen molar-refractivity contribution in [3.63, 3.8) is 0 Å². The van der Waals surface area contributed by atoms with Crippen molar-refractivity contribution in [1.29, 1.82) is 0 Å². The van der Waals surface area contributed by atoms with Gasteiger partial charge in [0.1, 0.15) is 6.10 Å². The van der Waals surface area contributed by atoms with E-state index in [1.165, 1.54) is 0 Å². The van der Waals surface area contributed by atoms with Gasteiger partial charge < -0.3 is 15.2 Å². The highest BCUT2D eigenvalue weighted by molar-refractivity contribution is 5.69. The highest BCUT2D eigenvalue weighted by Gasteiger charge is 2.29. The third-order valence-corrected chi connectivity index (χ3v) is 3.57. The molecule has 0 unspecified atom stereocenters. The van der Waals surface area contributed by atoms with Crippen LogP contribution < -0.4 is 0 Å². The zero-order valence-corrected chi connectivity index (χ0v) is 12.7. The smallest absolute Gasteiger partial charge is 0.306 e. The first-order valence-electron chi connectivity index (χ1n) is 7.10. The first-order chi connectivity index (χ1) is 9.25. The fraction of sp³-hybridized carbons (Fsp3) is 0.923. The Balaban J connectivity index is 2.50. The summed E-state index contributed by atoms with van der Waals surface area (Å²) in [6.07, 6.45) is 2.23. The summed E-state index contributed by atoms with van der Waals surface area (Å²) < 4.78 is 0. The van der Waals surface area contributed by atoms with E-state index in [9.17, 15) is 10.0 Å². The predicted octanol–water partition coefficient (Wildman–Crippen LogP) is 2.56. The van der Waals surface area contributed by atoms with Crippen LogP contribution in [0.5, 0.6) is 0 Å². The van der Waals surface area contributed by atoms with E-state index in [0.29, 0.717) is 37.2 Å². The lowest BCUT2D eigenvalue weighted by Gasteiger charge is -2.29. The SMILES string of the molecule is CCN(/[N+]([O-])=N/O[C@H]1CC[C@@H](C(=O)O)CC1)C(C)(C)C. The normalized spacial score (nSPS) is 24.3. The number of carboxylic acids is 1. The number of carbonyl (C=O) groups is 1. The van der Waals surface area contributed by atoms with Gasteiger partial charge in [-0.2, -0.15) is 0 Å². The monoisotopic (exact) mass is 287 g/mol. The Morgan fingerprint density at radius 1 is 1.40 bits per heavy atom. The summed E-state index contributed by atoms with van der Waals surface area (Å²) in [5.74, 6) is -1.05.